The van der Waals surface area contributed by atoms with Gasteiger partial charge in [0.2, 0.25) is 0 Å². The van der Waals surface area contributed by atoms with E-state index in [0.717, 1.165) is 18.2 Å². The van der Waals surface area contributed by atoms with Crippen LogP contribution >= 0.6 is 11.6 Å². The Bertz CT molecular complexity index is 575. The third kappa shape index (κ3) is 2.96. The maximum absolute atomic E-state index is 6.13. The minimum Gasteiger partial charge on any atom is -0.310 e. The van der Waals surface area contributed by atoms with Crippen molar-refractivity contribution in [3.05, 3.63) is 46.5 Å². The Labute approximate surface area is 117 Å². The van der Waals surface area contributed by atoms with E-state index in [1.54, 1.807) is 12.4 Å². The Morgan fingerprint density at radius 3 is 2.95 bits per heavy atom. The second-order valence-corrected chi connectivity index (χ2v) is 5.44. The van der Waals surface area contributed by atoms with E-state index < -0.39 is 0 Å². The first-order valence-corrected chi connectivity index (χ1v) is 6.95. The minimum atomic E-state index is 0.690. The largest absolute Gasteiger partial charge is 0.310 e. The summed E-state index contributed by atoms with van der Waals surface area (Å²) in [5.74, 6) is 0. The summed E-state index contributed by atoms with van der Waals surface area (Å²) in [4.78, 5) is 4.00. The molecule has 0 bridgehead atoms. The summed E-state index contributed by atoms with van der Waals surface area (Å²) in [7, 11) is 0. The molecule has 1 aliphatic rings. The molecule has 1 aliphatic carbocycles. The number of nitrogens with one attached hydrogen (secondary N) is 1. The SMILES string of the molecule is Cc1c(CNC2CC2)cnn1Cc1ccncc1Cl. The highest BCUT2D eigenvalue weighted by Crippen LogP contribution is 2.20. The van der Waals surface area contributed by atoms with Crippen LogP contribution in [0.1, 0.15) is 29.7 Å². The molecule has 1 fully saturated rings. The van der Waals surface area contributed by atoms with Crippen molar-refractivity contribution < 1.29 is 0 Å². The molecule has 0 unspecified atom stereocenters. The Hall–Kier alpha value is -1.39. The molecule has 3 rings (SSSR count). The average Bonchev–Trinajstić information content (AvgIpc) is 3.17. The number of hydrogen-bond donors (Lipinski definition) is 1. The standard InChI is InChI=1S/C14H17ClN4/c1-10-12(6-17-13-2-3-13)7-18-19(10)9-11-4-5-16-8-14(11)15/h4-5,7-8,13,17H,2-3,6,9H2,1H3. The van der Waals surface area contributed by atoms with Gasteiger partial charge in [0.05, 0.1) is 17.8 Å². The Morgan fingerprint density at radius 2 is 2.21 bits per heavy atom. The van der Waals surface area contributed by atoms with Gasteiger partial charge in [0.25, 0.3) is 0 Å². The molecular formula is C14H17ClN4. The predicted molar refractivity (Wildman–Crippen MR) is 75.2 cm³/mol. The smallest absolute Gasteiger partial charge is 0.0678 e. The van der Waals surface area contributed by atoms with Gasteiger partial charge in [-0.25, -0.2) is 0 Å². The third-order valence-corrected chi connectivity index (χ3v) is 3.88. The van der Waals surface area contributed by atoms with Crippen LogP contribution in [0.15, 0.2) is 24.7 Å². The minimum absolute atomic E-state index is 0.690. The quantitative estimate of drug-likeness (QED) is 0.913. The van der Waals surface area contributed by atoms with Gasteiger partial charge in [0.15, 0.2) is 0 Å². The third-order valence-electron chi connectivity index (χ3n) is 3.54. The van der Waals surface area contributed by atoms with E-state index in [1.807, 2.05) is 16.9 Å². The van der Waals surface area contributed by atoms with Crippen LogP contribution in [0.4, 0.5) is 0 Å². The summed E-state index contributed by atoms with van der Waals surface area (Å²) in [6, 6.07) is 2.66. The molecular weight excluding hydrogens is 260 g/mol. The highest BCUT2D eigenvalue weighted by Gasteiger charge is 2.20. The molecule has 0 radical (unpaired) electrons. The number of nitrogens with zero attached hydrogens (tertiary/aromatic N) is 3. The van der Waals surface area contributed by atoms with Gasteiger partial charge in [-0.1, -0.05) is 11.6 Å². The summed E-state index contributed by atoms with van der Waals surface area (Å²) >= 11 is 6.13. The molecule has 0 aromatic carbocycles. The molecule has 1 saturated carbocycles. The van der Waals surface area contributed by atoms with Crippen molar-refractivity contribution in [2.45, 2.75) is 38.9 Å². The van der Waals surface area contributed by atoms with Crippen LogP contribution in [-0.2, 0) is 13.1 Å². The maximum Gasteiger partial charge on any atom is 0.0678 e. The monoisotopic (exact) mass is 276 g/mol. The fourth-order valence-electron chi connectivity index (χ4n) is 2.05. The number of aromatic nitrogens is 3. The maximum atomic E-state index is 6.13. The number of rotatable bonds is 5. The molecule has 2 aromatic heterocycles. The van der Waals surface area contributed by atoms with E-state index in [2.05, 4.69) is 22.3 Å². The van der Waals surface area contributed by atoms with Gasteiger partial charge >= 0.3 is 0 Å². The molecule has 0 atom stereocenters. The zero-order chi connectivity index (χ0) is 13.2. The first kappa shape index (κ1) is 12.6. The second-order valence-electron chi connectivity index (χ2n) is 5.04. The van der Waals surface area contributed by atoms with Crippen molar-refractivity contribution in [2.24, 2.45) is 0 Å². The van der Waals surface area contributed by atoms with E-state index >= 15 is 0 Å². The highest BCUT2D eigenvalue weighted by atomic mass is 35.5. The second kappa shape index (κ2) is 5.31. The van der Waals surface area contributed by atoms with Gasteiger partial charge in [0, 0.05) is 36.2 Å². The molecule has 2 heterocycles. The van der Waals surface area contributed by atoms with Crippen molar-refractivity contribution in [2.75, 3.05) is 0 Å². The van der Waals surface area contributed by atoms with Crippen molar-refractivity contribution in [1.29, 1.82) is 0 Å². The molecule has 0 aliphatic heterocycles. The lowest BCUT2D eigenvalue weighted by atomic mass is 10.2. The zero-order valence-corrected chi connectivity index (χ0v) is 11.7. The molecule has 2 aromatic rings. The van der Waals surface area contributed by atoms with E-state index in [4.69, 9.17) is 11.6 Å². The van der Waals surface area contributed by atoms with Gasteiger partial charge in [-0.05, 0) is 31.4 Å². The lowest BCUT2D eigenvalue weighted by Crippen LogP contribution is -2.16. The predicted octanol–water partition coefficient (Wildman–Crippen LogP) is 2.54. The first-order chi connectivity index (χ1) is 9.24. The van der Waals surface area contributed by atoms with E-state index in [9.17, 15) is 0 Å². The van der Waals surface area contributed by atoms with Gasteiger partial charge in [0.1, 0.15) is 0 Å². The van der Waals surface area contributed by atoms with Crippen molar-refractivity contribution >= 4 is 11.6 Å². The summed E-state index contributed by atoms with van der Waals surface area (Å²) in [6.07, 6.45) is 7.99. The van der Waals surface area contributed by atoms with Gasteiger partial charge in [-0.2, -0.15) is 5.10 Å². The van der Waals surface area contributed by atoms with Crippen LogP contribution in [0.25, 0.3) is 0 Å². The Kier molecular flexibility index (Phi) is 3.53. The lowest BCUT2D eigenvalue weighted by Gasteiger charge is -2.07. The van der Waals surface area contributed by atoms with Crippen LogP contribution < -0.4 is 5.32 Å². The zero-order valence-electron chi connectivity index (χ0n) is 10.9. The topological polar surface area (TPSA) is 42.7 Å². The summed E-state index contributed by atoms with van der Waals surface area (Å²) in [5.41, 5.74) is 3.50. The van der Waals surface area contributed by atoms with Crippen molar-refractivity contribution in [1.82, 2.24) is 20.1 Å². The lowest BCUT2D eigenvalue weighted by molar-refractivity contribution is 0.653. The summed E-state index contributed by atoms with van der Waals surface area (Å²) in [5, 5.41) is 8.65. The fraction of sp³-hybridized carbons (Fsp3) is 0.429. The number of hydrogen-bond acceptors (Lipinski definition) is 3. The van der Waals surface area contributed by atoms with Crippen LogP contribution in [0, 0.1) is 6.92 Å². The molecule has 1 N–H and O–H groups in total. The molecule has 19 heavy (non-hydrogen) atoms. The molecule has 4 nitrogen and oxygen atoms in total. The summed E-state index contributed by atoms with van der Waals surface area (Å²) in [6.45, 7) is 3.70. The Balaban J connectivity index is 1.72. The molecule has 0 spiro atoms. The molecule has 5 heteroatoms. The molecule has 100 valence electrons. The van der Waals surface area contributed by atoms with Gasteiger partial charge in [-0.15, -0.1) is 0 Å². The van der Waals surface area contributed by atoms with Gasteiger partial charge in [-0.3, -0.25) is 9.67 Å². The Morgan fingerprint density at radius 1 is 1.37 bits per heavy atom. The van der Waals surface area contributed by atoms with Crippen LogP contribution in [0.3, 0.4) is 0 Å². The number of pyridine rings is 1. The van der Waals surface area contributed by atoms with Crippen LogP contribution in [0.2, 0.25) is 5.02 Å². The molecule has 0 amide bonds. The van der Waals surface area contributed by atoms with E-state index in [0.29, 0.717) is 11.6 Å². The molecule has 0 saturated heterocycles. The summed E-state index contributed by atoms with van der Waals surface area (Å²) < 4.78 is 1.99. The van der Waals surface area contributed by atoms with E-state index in [1.165, 1.54) is 24.1 Å². The highest BCUT2D eigenvalue weighted by molar-refractivity contribution is 6.31. The van der Waals surface area contributed by atoms with Crippen molar-refractivity contribution in [3.63, 3.8) is 0 Å². The first-order valence-electron chi connectivity index (χ1n) is 6.57. The van der Waals surface area contributed by atoms with E-state index in [-0.39, 0.29) is 0 Å². The van der Waals surface area contributed by atoms with Crippen LogP contribution in [0.5, 0.6) is 0 Å². The van der Waals surface area contributed by atoms with Gasteiger partial charge < -0.3 is 5.32 Å². The number of halogens is 1. The fourth-order valence-corrected chi connectivity index (χ4v) is 2.23. The average molecular weight is 277 g/mol. The van der Waals surface area contributed by atoms with Crippen LogP contribution in [-0.4, -0.2) is 20.8 Å². The normalized spacial score (nSPS) is 14.8. The van der Waals surface area contributed by atoms with Crippen molar-refractivity contribution in [3.8, 4) is 0 Å².